The molecule has 0 heterocycles. The molecule has 1 unspecified atom stereocenters. The summed E-state index contributed by atoms with van der Waals surface area (Å²) in [4.78, 5) is 37.8. The van der Waals surface area contributed by atoms with Crippen molar-refractivity contribution in [1.29, 1.82) is 0 Å². The van der Waals surface area contributed by atoms with E-state index in [1.807, 2.05) is 0 Å². The molecule has 0 aromatic carbocycles. The van der Waals surface area contributed by atoms with E-state index in [4.69, 9.17) is 14.2 Å². The third-order valence-electron chi connectivity index (χ3n) is 10.4. The zero-order chi connectivity index (χ0) is 40.1. The lowest BCUT2D eigenvalue weighted by Crippen LogP contribution is -2.30. The highest BCUT2D eigenvalue weighted by molar-refractivity contribution is 5.71. The number of rotatable bonds is 43. The smallest absolute Gasteiger partial charge is 0.306 e. The van der Waals surface area contributed by atoms with Gasteiger partial charge in [-0.1, -0.05) is 186 Å². The molecule has 0 radical (unpaired) electrons. The van der Waals surface area contributed by atoms with Crippen molar-refractivity contribution in [2.24, 2.45) is 0 Å². The number of carbonyl (C=O) groups excluding carboxylic acids is 3. The van der Waals surface area contributed by atoms with Crippen LogP contribution in [0.1, 0.15) is 252 Å². The second-order valence-corrected chi connectivity index (χ2v) is 16.0. The van der Waals surface area contributed by atoms with Crippen LogP contribution in [0.2, 0.25) is 0 Å². The fraction of sp³-hybridized carbons (Fsp3) is 0.857. The Morgan fingerprint density at radius 3 is 0.964 bits per heavy atom. The Labute approximate surface area is 341 Å². The molecule has 0 aromatic rings. The lowest BCUT2D eigenvalue weighted by atomic mass is 10.0. The first-order chi connectivity index (χ1) is 27.0. The fourth-order valence-corrected chi connectivity index (χ4v) is 6.78. The number of allylic oxidation sites excluding steroid dienone is 4. The molecule has 0 saturated carbocycles. The minimum Gasteiger partial charge on any atom is -0.462 e. The maximum Gasteiger partial charge on any atom is 0.306 e. The van der Waals surface area contributed by atoms with Gasteiger partial charge in [0.1, 0.15) is 13.2 Å². The number of hydrogen-bond donors (Lipinski definition) is 0. The molecular weight excluding hydrogens is 685 g/mol. The molecule has 0 aliphatic heterocycles. The molecule has 0 aliphatic rings. The quantitative estimate of drug-likeness (QED) is 0.0266. The molecule has 0 spiro atoms. The van der Waals surface area contributed by atoms with Gasteiger partial charge in [0.2, 0.25) is 0 Å². The van der Waals surface area contributed by atoms with E-state index in [0.29, 0.717) is 19.3 Å². The summed E-state index contributed by atoms with van der Waals surface area (Å²) in [6.07, 6.45) is 48.7. The van der Waals surface area contributed by atoms with E-state index in [1.165, 1.54) is 141 Å². The molecule has 0 amide bonds. The maximum absolute atomic E-state index is 12.7. The molecule has 0 N–H and O–H groups in total. The van der Waals surface area contributed by atoms with Gasteiger partial charge in [-0.15, -0.1) is 0 Å². The van der Waals surface area contributed by atoms with Gasteiger partial charge in [-0.2, -0.15) is 0 Å². The van der Waals surface area contributed by atoms with Gasteiger partial charge in [0.25, 0.3) is 0 Å². The van der Waals surface area contributed by atoms with Crippen LogP contribution in [0, 0.1) is 0 Å². The first-order valence-corrected chi connectivity index (χ1v) is 23.8. The van der Waals surface area contributed by atoms with E-state index in [-0.39, 0.29) is 31.1 Å². The summed E-state index contributed by atoms with van der Waals surface area (Å²) in [5.41, 5.74) is 0. The summed E-state index contributed by atoms with van der Waals surface area (Å²) in [6.45, 7) is 6.59. The third-order valence-corrected chi connectivity index (χ3v) is 10.4. The van der Waals surface area contributed by atoms with Crippen LogP contribution in [0.5, 0.6) is 0 Å². The van der Waals surface area contributed by atoms with E-state index in [9.17, 15) is 14.4 Å². The highest BCUT2D eigenvalue weighted by atomic mass is 16.6. The lowest BCUT2D eigenvalue weighted by Gasteiger charge is -2.18. The normalized spacial score (nSPS) is 12.1. The Bertz CT molecular complexity index is 896. The lowest BCUT2D eigenvalue weighted by molar-refractivity contribution is -0.167. The minimum atomic E-state index is -0.772. The van der Waals surface area contributed by atoms with Gasteiger partial charge < -0.3 is 14.2 Å². The molecule has 0 aliphatic carbocycles. The Hall–Kier alpha value is -2.11. The minimum absolute atomic E-state index is 0.0741. The van der Waals surface area contributed by atoms with Crippen LogP contribution in [0.15, 0.2) is 24.3 Å². The van der Waals surface area contributed by atoms with E-state index in [1.54, 1.807) is 0 Å². The van der Waals surface area contributed by atoms with Crippen molar-refractivity contribution >= 4 is 17.9 Å². The van der Waals surface area contributed by atoms with E-state index < -0.39 is 6.10 Å². The Balaban J connectivity index is 4.37. The van der Waals surface area contributed by atoms with Crippen molar-refractivity contribution in [1.82, 2.24) is 0 Å². The summed E-state index contributed by atoms with van der Waals surface area (Å²) in [7, 11) is 0. The molecule has 6 nitrogen and oxygen atoms in total. The van der Waals surface area contributed by atoms with Crippen LogP contribution >= 0.6 is 0 Å². The van der Waals surface area contributed by atoms with Crippen molar-refractivity contribution in [3.05, 3.63) is 24.3 Å². The predicted molar refractivity (Wildman–Crippen MR) is 233 cm³/mol. The highest BCUT2D eigenvalue weighted by Crippen LogP contribution is 2.15. The topological polar surface area (TPSA) is 78.9 Å². The molecule has 0 saturated heterocycles. The van der Waals surface area contributed by atoms with Gasteiger partial charge in [0, 0.05) is 19.3 Å². The van der Waals surface area contributed by atoms with E-state index in [0.717, 1.165) is 70.6 Å². The van der Waals surface area contributed by atoms with Gasteiger partial charge >= 0.3 is 17.9 Å². The summed E-state index contributed by atoms with van der Waals surface area (Å²) in [5.74, 6) is -0.886. The molecule has 322 valence electrons. The van der Waals surface area contributed by atoms with Crippen molar-refractivity contribution in [2.75, 3.05) is 13.2 Å². The van der Waals surface area contributed by atoms with Crippen LogP contribution in [0.4, 0.5) is 0 Å². The molecule has 6 heteroatoms. The van der Waals surface area contributed by atoms with E-state index in [2.05, 4.69) is 45.1 Å². The molecule has 0 aromatic heterocycles. The van der Waals surface area contributed by atoms with Crippen molar-refractivity contribution in [3.8, 4) is 0 Å². The second-order valence-electron chi connectivity index (χ2n) is 16.0. The van der Waals surface area contributed by atoms with Gasteiger partial charge in [-0.05, 0) is 70.6 Å². The summed E-state index contributed by atoms with van der Waals surface area (Å²) in [5, 5.41) is 0. The number of esters is 3. The molecule has 0 bridgehead atoms. The van der Waals surface area contributed by atoms with Crippen LogP contribution in [0.25, 0.3) is 0 Å². The number of hydrogen-bond acceptors (Lipinski definition) is 6. The molecule has 0 rings (SSSR count). The van der Waals surface area contributed by atoms with Gasteiger partial charge in [0.05, 0.1) is 0 Å². The largest absolute Gasteiger partial charge is 0.462 e. The summed E-state index contributed by atoms with van der Waals surface area (Å²) < 4.78 is 16.7. The molecule has 55 heavy (non-hydrogen) atoms. The van der Waals surface area contributed by atoms with Crippen LogP contribution < -0.4 is 0 Å². The van der Waals surface area contributed by atoms with Gasteiger partial charge in [-0.3, -0.25) is 14.4 Å². The Kier molecular flexibility index (Phi) is 42.9. The zero-order valence-electron chi connectivity index (χ0n) is 36.7. The second kappa shape index (κ2) is 44.6. The number of unbranched alkanes of at least 4 members (excludes halogenated alkanes) is 28. The predicted octanol–water partition coefficient (Wildman–Crippen LogP) is 15.2. The molecule has 0 fully saturated rings. The summed E-state index contributed by atoms with van der Waals surface area (Å²) >= 11 is 0. The average Bonchev–Trinajstić information content (AvgIpc) is 3.18. The monoisotopic (exact) mass is 775 g/mol. The number of carbonyl (C=O) groups is 3. The van der Waals surface area contributed by atoms with Crippen LogP contribution in [-0.2, 0) is 28.6 Å². The third kappa shape index (κ3) is 42.9. The van der Waals surface area contributed by atoms with Crippen molar-refractivity contribution in [3.63, 3.8) is 0 Å². The van der Waals surface area contributed by atoms with Crippen LogP contribution in [0.3, 0.4) is 0 Å². The van der Waals surface area contributed by atoms with Crippen molar-refractivity contribution in [2.45, 2.75) is 258 Å². The Morgan fingerprint density at radius 2 is 0.600 bits per heavy atom. The first-order valence-electron chi connectivity index (χ1n) is 23.8. The zero-order valence-corrected chi connectivity index (χ0v) is 36.7. The standard InChI is InChI=1S/C49H90O6/c1-4-7-10-13-16-19-22-25-28-30-33-36-39-42-48(51)54-45-46(55-49(52)43-40-37-34-31-27-24-21-18-15-12-9-6-3)44-53-47(50)41-38-35-32-29-26-23-20-17-14-11-8-5-2/h18-19,21-22,46H,4-17,20,23-45H2,1-3H3/b21-18-,22-19-. The Morgan fingerprint density at radius 1 is 0.345 bits per heavy atom. The first kappa shape index (κ1) is 52.9. The van der Waals surface area contributed by atoms with Crippen LogP contribution in [-0.4, -0.2) is 37.2 Å². The highest BCUT2D eigenvalue weighted by Gasteiger charge is 2.19. The summed E-state index contributed by atoms with van der Waals surface area (Å²) in [6, 6.07) is 0. The number of ether oxygens (including phenoxy) is 3. The average molecular weight is 775 g/mol. The van der Waals surface area contributed by atoms with E-state index >= 15 is 0 Å². The van der Waals surface area contributed by atoms with Gasteiger partial charge in [-0.25, -0.2) is 0 Å². The SMILES string of the molecule is CCCCC/C=C\CCCCCCCC(=O)OC(COC(=O)CCCCCCC/C=C\CCCCCC)COC(=O)CCCCCCCCCCCCCC. The molecule has 1 atom stereocenters. The van der Waals surface area contributed by atoms with Crippen molar-refractivity contribution < 1.29 is 28.6 Å². The maximum atomic E-state index is 12.7. The fourth-order valence-electron chi connectivity index (χ4n) is 6.78. The van der Waals surface area contributed by atoms with Gasteiger partial charge in [0.15, 0.2) is 6.10 Å². The molecular formula is C49H90O6.